The summed E-state index contributed by atoms with van der Waals surface area (Å²) < 4.78 is 20.8. The molecule has 0 fully saturated rings. The highest BCUT2D eigenvalue weighted by molar-refractivity contribution is 7.13. The lowest BCUT2D eigenvalue weighted by Crippen LogP contribution is -2.13. The van der Waals surface area contributed by atoms with Gasteiger partial charge in [0.2, 0.25) is 0 Å². The van der Waals surface area contributed by atoms with E-state index in [0.29, 0.717) is 33.5 Å². The van der Waals surface area contributed by atoms with Crippen molar-refractivity contribution in [1.29, 1.82) is 0 Å². The van der Waals surface area contributed by atoms with E-state index < -0.39 is 5.91 Å². The number of benzene rings is 2. The number of tetrazole rings is 1. The zero-order chi connectivity index (χ0) is 20.4. The molecule has 0 aliphatic heterocycles. The van der Waals surface area contributed by atoms with Gasteiger partial charge in [-0.2, -0.15) is 4.68 Å². The van der Waals surface area contributed by atoms with E-state index >= 15 is 0 Å². The molecule has 2 aromatic heterocycles. The minimum absolute atomic E-state index is 0.198. The molecule has 0 unspecified atom stereocenters. The maximum Gasteiger partial charge on any atom is 0.275 e. The lowest BCUT2D eigenvalue weighted by Gasteiger charge is -2.11. The monoisotopic (exact) mass is 410 g/mol. The maximum absolute atomic E-state index is 14.0. The van der Waals surface area contributed by atoms with Crippen LogP contribution in [0.3, 0.4) is 0 Å². The number of carbonyl (C=O) groups is 1. The van der Waals surface area contributed by atoms with Gasteiger partial charge >= 0.3 is 0 Å². The van der Waals surface area contributed by atoms with Gasteiger partial charge in [-0.3, -0.25) is 4.79 Å². The first-order chi connectivity index (χ1) is 14.1. The highest BCUT2D eigenvalue weighted by Gasteiger charge is 2.16. The number of anilines is 1. The van der Waals surface area contributed by atoms with E-state index in [1.807, 2.05) is 0 Å². The summed E-state index contributed by atoms with van der Waals surface area (Å²) in [5.41, 5.74) is 1.65. The summed E-state index contributed by atoms with van der Waals surface area (Å²) in [4.78, 5) is 16.9. The fourth-order valence-corrected chi connectivity index (χ4v) is 3.55. The molecule has 0 aliphatic carbocycles. The molecule has 2 aromatic carbocycles. The molecule has 0 bridgehead atoms. The van der Waals surface area contributed by atoms with Crippen molar-refractivity contribution in [1.82, 2.24) is 25.2 Å². The zero-order valence-corrected chi connectivity index (χ0v) is 16.3. The van der Waals surface area contributed by atoms with Crippen molar-refractivity contribution >= 4 is 22.9 Å². The van der Waals surface area contributed by atoms with Crippen molar-refractivity contribution < 1.29 is 13.9 Å². The molecule has 0 saturated carbocycles. The Morgan fingerprint density at radius 3 is 2.79 bits per heavy atom. The van der Waals surface area contributed by atoms with Crippen LogP contribution in [0.4, 0.5) is 10.1 Å². The second-order valence-electron chi connectivity index (χ2n) is 6.00. The van der Waals surface area contributed by atoms with Gasteiger partial charge in [-0.1, -0.05) is 12.1 Å². The third-order valence-electron chi connectivity index (χ3n) is 4.13. The SMILES string of the molecule is COc1ccc(NC(=O)c2csc(-c3ccccc3F)n2)cc1-n1nnnc1C. The zero-order valence-electron chi connectivity index (χ0n) is 15.5. The molecule has 0 aliphatic rings. The van der Waals surface area contributed by atoms with Crippen LogP contribution in [0.15, 0.2) is 47.8 Å². The minimum atomic E-state index is -0.409. The number of nitrogens with one attached hydrogen (secondary N) is 1. The Morgan fingerprint density at radius 2 is 2.07 bits per heavy atom. The Bertz CT molecular complexity index is 1190. The summed E-state index contributed by atoms with van der Waals surface area (Å²) in [7, 11) is 1.54. The molecule has 0 atom stereocenters. The lowest BCUT2D eigenvalue weighted by molar-refractivity contribution is 0.102. The molecule has 8 nitrogen and oxygen atoms in total. The standard InChI is InChI=1S/C19H15FN6O2S/c1-11-23-24-25-26(11)16-9-12(7-8-17(16)28-2)21-18(27)15-10-29-19(22-15)13-5-3-4-6-14(13)20/h3-10H,1-2H3,(H,21,27). The minimum Gasteiger partial charge on any atom is -0.494 e. The van der Waals surface area contributed by atoms with E-state index in [0.717, 1.165) is 0 Å². The molecule has 4 aromatic rings. The number of carbonyl (C=O) groups excluding carboxylic acids is 1. The summed E-state index contributed by atoms with van der Waals surface area (Å²) in [6, 6.07) is 11.4. The first-order valence-electron chi connectivity index (χ1n) is 8.52. The van der Waals surface area contributed by atoms with Crippen LogP contribution in [0.5, 0.6) is 5.75 Å². The maximum atomic E-state index is 14.0. The van der Waals surface area contributed by atoms with Gasteiger partial charge in [0.05, 0.1) is 7.11 Å². The van der Waals surface area contributed by atoms with Gasteiger partial charge in [-0.25, -0.2) is 9.37 Å². The van der Waals surface area contributed by atoms with E-state index in [4.69, 9.17) is 4.74 Å². The molecule has 146 valence electrons. The number of methoxy groups -OCH3 is 1. The molecule has 10 heteroatoms. The highest BCUT2D eigenvalue weighted by Crippen LogP contribution is 2.28. The van der Waals surface area contributed by atoms with E-state index in [9.17, 15) is 9.18 Å². The number of halogens is 1. The first kappa shape index (κ1) is 18.7. The number of hydrogen-bond donors (Lipinski definition) is 1. The van der Waals surface area contributed by atoms with E-state index in [-0.39, 0.29) is 11.5 Å². The van der Waals surface area contributed by atoms with Crippen LogP contribution >= 0.6 is 11.3 Å². The predicted octanol–water partition coefficient (Wildman–Crippen LogP) is 3.49. The second kappa shape index (κ2) is 7.76. The first-order valence-corrected chi connectivity index (χ1v) is 9.40. The van der Waals surface area contributed by atoms with Crippen LogP contribution in [0.25, 0.3) is 16.3 Å². The molecule has 0 spiro atoms. The van der Waals surface area contributed by atoms with Gasteiger partial charge in [0.15, 0.2) is 5.82 Å². The van der Waals surface area contributed by atoms with Crippen LogP contribution in [-0.4, -0.2) is 38.2 Å². The number of aromatic nitrogens is 5. The van der Waals surface area contributed by atoms with Crippen molar-refractivity contribution in [3.05, 3.63) is 65.2 Å². The fourth-order valence-electron chi connectivity index (χ4n) is 2.72. The Labute approximate surface area is 169 Å². The quantitative estimate of drug-likeness (QED) is 0.541. The number of amides is 1. The van der Waals surface area contributed by atoms with Crippen molar-refractivity contribution in [2.24, 2.45) is 0 Å². The van der Waals surface area contributed by atoms with Gasteiger partial charge in [-0.05, 0) is 47.7 Å². The van der Waals surface area contributed by atoms with Gasteiger partial charge < -0.3 is 10.1 Å². The molecule has 0 radical (unpaired) electrons. The van der Waals surface area contributed by atoms with Crippen molar-refractivity contribution in [3.8, 4) is 22.0 Å². The fraction of sp³-hybridized carbons (Fsp3) is 0.105. The van der Waals surface area contributed by atoms with E-state index in [1.54, 1.807) is 48.7 Å². The molecule has 4 rings (SSSR count). The van der Waals surface area contributed by atoms with Crippen LogP contribution in [0, 0.1) is 12.7 Å². The van der Waals surface area contributed by atoms with E-state index in [2.05, 4.69) is 25.8 Å². The van der Waals surface area contributed by atoms with Crippen molar-refractivity contribution in [3.63, 3.8) is 0 Å². The third-order valence-corrected chi connectivity index (χ3v) is 5.01. The molecule has 29 heavy (non-hydrogen) atoms. The topological polar surface area (TPSA) is 94.8 Å². The van der Waals surface area contributed by atoms with Crippen LogP contribution in [0.2, 0.25) is 0 Å². The number of rotatable bonds is 5. The molecule has 0 saturated heterocycles. The number of aryl methyl sites for hydroxylation is 1. The number of hydrogen-bond acceptors (Lipinski definition) is 7. The average Bonchev–Trinajstić information content (AvgIpc) is 3.37. The molecular formula is C19H15FN6O2S. The normalized spacial score (nSPS) is 10.7. The van der Waals surface area contributed by atoms with Gasteiger partial charge in [-0.15, -0.1) is 16.4 Å². The summed E-state index contributed by atoms with van der Waals surface area (Å²) in [5.74, 6) is 0.327. The number of nitrogens with zero attached hydrogens (tertiary/aromatic N) is 5. The van der Waals surface area contributed by atoms with Crippen LogP contribution < -0.4 is 10.1 Å². The van der Waals surface area contributed by atoms with E-state index in [1.165, 1.54) is 29.2 Å². The van der Waals surface area contributed by atoms with Gasteiger partial charge in [0.1, 0.15) is 28.0 Å². The largest absolute Gasteiger partial charge is 0.494 e. The lowest BCUT2D eigenvalue weighted by atomic mass is 10.2. The summed E-state index contributed by atoms with van der Waals surface area (Å²) in [5, 5.41) is 16.2. The second-order valence-corrected chi connectivity index (χ2v) is 6.85. The Morgan fingerprint density at radius 1 is 1.24 bits per heavy atom. The van der Waals surface area contributed by atoms with Crippen LogP contribution in [0.1, 0.15) is 16.3 Å². The summed E-state index contributed by atoms with van der Waals surface area (Å²) >= 11 is 1.20. The smallest absolute Gasteiger partial charge is 0.275 e. The Kier molecular flexibility index (Phi) is 5.00. The predicted molar refractivity (Wildman–Crippen MR) is 106 cm³/mol. The van der Waals surface area contributed by atoms with Crippen molar-refractivity contribution in [2.45, 2.75) is 6.92 Å². The van der Waals surface area contributed by atoms with Gasteiger partial charge in [0.25, 0.3) is 5.91 Å². The van der Waals surface area contributed by atoms with Crippen molar-refractivity contribution in [2.75, 3.05) is 12.4 Å². The van der Waals surface area contributed by atoms with Crippen LogP contribution in [-0.2, 0) is 0 Å². The summed E-state index contributed by atoms with van der Waals surface area (Å²) in [6.45, 7) is 1.75. The molecule has 1 amide bonds. The highest BCUT2D eigenvalue weighted by atomic mass is 32.1. The number of ether oxygens (including phenoxy) is 1. The number of thiazole rings is 1. The van der Waals surface area contributed by atoms with Gasteiger partial charge in [0, 0.05) is 16.6 Å². The Balaban J connectivity index is 1.59. The molecular weight excluding hydrogens is 395 g/mol. The summed E-state index contributed by atoms with van der Waals surface area (Å²) in [6.07, 6.45) is 0. The third kappa shape index (κ3) is 3.69. The average molecular weight is 410 g/mol. The molecule has 1 N–H and O–H groups in total. The Hall–Kier alpha value is -3.66. The molecule has 2 heterocycles.